The summed E-state index contributed by atoms with van der Waals surface area (Å²) < 4.78 is 5.60. The van der Waals surface area contributed by atoms with Gasteiger partial charge in [0.1, 0.15) is 5.75 Å². The SMILES string of the molecule is CC(Oc1c([C@@H](C)N)ccc2ccccc12)C(=O)O. The molecule has 2 atom stereocenters. The standard InChI is InChI=1S/C15H17NO3/c1-9(16)12-8-7-11-5-3-4-6-13(11)14(12)19-10(2)15(17)18/h3-10H,16H2,1-2H3,(H,17,18)/t9-,10?/m1/s1. The zero-order valence-electron chi connectivity index (χ0n) is 11.0. The van der Waals surface area contributed by atoms with Crippen molar-refractivity contribution in [1.82, 2.24) is 0 Å². The van der Waals surface area contributed by atoms with Gasteiger partial charge in [-0.25, -0.2) is 4.79 Å². The highest BCUT2D eigenvalue weighted by Crippen LogP contribution is 2.33. The second-order valence-corrected chi connectivity index (χ2v) is 4.59. The summed E-state index contributed by atoms with van der Waals surface area (Å²) in [5, 5.41) is 10.9. The van der Waals surface area contributed by atoms with Gasteiger partial charge in [0.15, 0.2) is 6.10 Å². The molecule has 0 saturated carbocycles. The van der Waals surface area contributed by atoms with Crippen molar-refractivity contribution in [3.8, 4) is 5.75 Å². The van der Waals surface area contributed by atoms with Crippen LogP contribution in [0.25, 0.3) is 10.8 Å². The van der Waals surface area contributed by atoms with Crippen molar-refractivity contribution < 1.29 is 14.6 Å². The van der Waals surface area contributed by atoms with Crippen molar-refractivity contribution in [2.45, 2.75) is 26.0 Å². The number of ether oxygens (including phenoxy) is 1. The molecule has 0 aliphatic carbocycles. The molecular weight excluding hydrogens is 242 g/mol. The van der Waals surface area contributed by atoms with Gasteiger partial charge in [0.05, 0.1) is 0 Å². The van der Waals surface area contributed by atoms with Gasteiger partial charge in [-0.05, 0) is 19.2 Å². The Morgan fingerprint density at radius 3 is 2.53 bits per heavy atom. The molecule has 0 heterocycles. The fourth-order valence-electron chi connectivity index (χ4n) is 1.98. The van der Waals surface area contributed by atoms with E-state index in [0.29, 0.717) is 5.75 Å². The molecule has 0 fully saturated rings. The Morgan fingerprint density at radius 1 is 1.21 bits per heavy atom. The minimum atomic E-state index is -0.997. The van der Waals surface area contributed by atoms with E-state index in [1.165, 1.54) is 6.92 Å². The first kappa shape index (κ1) is 13.4. The Morgan fingerprint density at radius 2 is 1.89 bits per heavy atom. The van der Waals surface area contributed by atoms with E-state index in [2.05, 4.69) is 0 Å². The van der Waals surface area contributed by atoms with Crippen LogP contribution < -0.4 is 10.5 Å². The number of carboxylic acids is 1. The van der Waals surface area contributed by atoms with Crippen LogP contribution in [0.2, 0.25) is 0 Å². The molecular formula is C15H17NO3. The number of benzene rings is 2. The molecule has 19 heavy (non-hydrogen) atoms. The average molecular weight is 259 g/mol. The number of aliphatic carboxylic acids is 1. The number of hydrogen-bond donors (Lipinski definition) is 2. The Labute approximate surface area is 111 Å². The lowest BCUT2D eigenvalue weighted by atomic mass is 10.0. The smallest absolute Gasteiger partial charge is 0.344 e. The van der Waals surface area contributed by atoms with E-state index in [9.17, 15) is 4.79 Å². The zero-order chi connectivity index (χ0) is 14.0. The van der Waals surface area contributed by atoms with Gasteiger partial charge in [-0.2, -0.15) is 0 Å². The Bertz CT molecular complexity index is 607. The highest BCUT2D eigenvalue weighted by Gasteiger charge is 2.18. The fraction of sp³-hybridized carbons (Fsp3) is 0.267. The normalized spacial score (nSPS) is 14.1. The predicted molar refractivity (Wildman–Crippen MR) is 74.3 cm³/mol. The molecule has 0 amide bonds. The minimum Gasteiger partial charge on any atom is -0.479 e. The molecule has 0 spiro atoms. The fourth-order valence-corrected chi connectivity index (χ4v) is 1.98. The summed E-state index contributed by atoms with van der Waals surface area (Å²) in [6, 6.07) is 11.3. The molecule has 0 radical (unpaired) electrons. The molecule has 2 aromatic rings. The van der Waals surface area contributed by atoms with Crippen molar-refractivity contribution in [2.24, 2.45) is 5.73 Å². The Balaban J connectivity index is 2.59. The number of carbonyl (C=O) groups is 1. The lowest BCUT2D eigenvalue weighted by Crippen LogP contribution is -2.24. The molecule has 2 rings (SSSR count). The highest BCUT2D eigenvalue weighted by atomic mass is 16.5. The van der Waals surface area contributed by atoms with Crippen LogP contribution in [0.15, 0.2) is 36.4 Å². The predicted octanol–water partition coefficient (Wildman–Crippen LogP) is 2.71. The van der Waals surface area contributed by atoms with Gasteiger partial charge >= 0.3 is 5.97 Å². The Kier molecular flexibility index (Phi) is 3.71. The maximum Gasteiger partial charge on any atom is 0.344 e. The van der Waals surface area contributed by atoms with Gasteiger partial charge in [-0.1, -0.05) is 36.4 Å². The Hall–Kier alpha value is -2.07. The third-order valence-electron chi connectivity index (χ3n) is 3.04. The van der Waals surface area contributed by atoms with Gasteiger partial charge in [0.2, 0.25) is 0 Å². The molecule has 1 unspecified atom stereocenters. The van der Waals surface area contributed by atoms with Crippen LogP contribution in [0.1, 0.15) is 25.5 Å². The molecule has 2 aromatic carbocycles. The number of fused-ring (bicyclic) bond motifs is 1. The first-order valence-corrected chi connectivity index (χ1v) is 6.17. The molecule has 0 bridgehead atoms. The van der Waals surface area contributed by atoms with Crippen LogP contribution in [-0.4, -0.2) is 17.2 Å². The summed E-state index contributed by atoms with van der Waals surface area (Å²) in [5.74, 6) is -0.438. The number of rotatable bonds is 4. The maximum atomic E-state index is 11.0. The average Bonchev–Trinajstić information content (AvgIpc) is 2.38. The first-order chi connectivity index (χ1) is 9.00. The third kappa shape index (κ3) is 2.69. The van der Waals surface area contributed by atoms with Crippen molar-refractivity contribution in [1.29, 1.82) is 0 Å². The summed E-state index contributed by atoms with van der Waals surface area (Å²) >= 11 is 0. The van der Waals surface area contributed by atoms with Gasteiger partial charge in [0, 0.05) is 17.0 Å². The third-order valence-corrected chi connectivity index (χ3v) is 3.04. The number of carboxylic acid groups (broad SMARTS) is 1. The summed E-state index contributed by atoms with van der Waals surface area (Å²) in [7, 11) is 0. The maximum absolute atomic E-state index is 11.0. The largest absolute Gasteiger partial charge is 0.479 e. The second kappa shape index (κ2) is 5.28. The van der Waals surface area contributed by atoms with Crippen molar-refractivity contribution in [3.63, 3.8) is 0 Å². The molecule has 0 aromatic heterocycles. The molecule has 0 aliphatic heterocycles. The number of nitrogens with two attached hydrogens (primary N) is 1. The van der Waals surface area contributed by atoms with Gasteiger partial charge < -0.3 is 15.6 Å². The van der Waals surface area contributed by atoms with E-state index in [-0.39, 0.29) is 6.04 Å². The van der Waals surface area contributed by atoms with E-state index in [1.807, 2.05) is 43.3 Å². The quantitative estimate of drug-likeness (QED) is 0.885. The zero-order valence-corrected chi connectivity index (χ0v) is 11.0. The molecule has 0 aliphatic rings. The van der Waals surface area contributed by atoms with Crippen LogP contribution in [0, 0.1) is 0 Å². The van der Waals surface area contributed by atoms with Crippen molar-refractivity contribution in [3.05, 3.63) is 42.0 Å². The van der Waals surface area contributed by atoms with Crippen molar-refractivity contribution in [2.75, 3.05) is 0 Å². The summed E-state index contributed by atoms with van der Waals surface area (Å²) in [6.45, 7) is 3.36. The van der Waals surface area contributed by atoms with E-state index < -0.39 is 12.1 Å². The molecule has 0 saturated heterocycles. The monoisotopic (exact) mass is 259 g/mol. The first-order valence-electron chi connectivity index (χ1n) is 6.17. The second-order valence-electron chi connectivity index (χ2n) is 4.59. The van der Waals surface area contributed by atoms with Crippen LogP contribution >= 0.6 is 0 Å². The van der Waals surface area contributed by atoms with Crippen LogP contribution in [0.4, 0.5) is 0 Å². The van der Waals surface area contributed by atoms with Gasteiger partial charge in [-0.15, -0.1) is 0 Å². The van der Waals surface area contributed by atoms with E-state index in [0.717, 1.165) is 16.3 Å². The summed E-state index contributed by atoms with van der Waals surface area (Å²) in [5.41, 5.74) is 6.74. The van der Waals surface area contributed by atoms with Crippen LogP contribution in [-0.2, 0) is 4.79 Å². The van der Waals surface area contributed by atoms with Gasteiger partial charge in [0.25, 0.3) is 0 Å². The van der Waals surface area contributed by atoms with E-state index in [1.54, 1.807) is 0 Å². The van der Waals surface area contributed by atoms with Gasteiger partial charge in [-0.3, -0.25) is 0 Å². The van der Waals surface area contributed by atoms with E-state index >= 15 is 0 Å². The molecule has 4 nitrogen and oxygen atoms in total. The molecule has 100 valence electrons. The topological polar surface area (TPSA) is 72.5 Å². The van der Waals surface area contributed by atoms with Crippen LogP contribution in [0.3, 0.4) is 0 Å². The number of hydrogen-bond acceptors (Lipinski definition) is 3. The minimum absolute atomic E-state index is 0.222. The lowest BCUT2D eigenvalue weighted by molar-refractivity contribution is -0.144. The van der Waals surface area contributed by atoms with E-state index in [4.69, 9.17) is 15.6 Å². The summed E-state index contributed by atoms with van der Waals surface area (Å²) in [4.78, 5) is 11.0. The molecule has 4 heteroatoms. The summed E-state index contributed by atoms with van der Waals surface area (Å²) in [6.07, 6.45) is -0.914. The van der Waals surface area contributed by atoms with Crippen molar-refractivity contribution >= 4 is 16.7 Å². The molecule has 3 N–H and O–H groups in total. The highest BCUT2D eigenvalue weighted by molar-refractivity contribution is 5.90. The van der Waals surface area contributed by atoms with Crippen LogP contribution in [0.5, 0.6) is 5.75 Å². The lowest BCUT2D eigenvalue weighted by Gasteiger charge is -2.18.